The minimum absolute atomic E-state index is 0.104. The van der Waals surface area contributed by atoms with E-state index in [2.05, 4.69) is 9.99 Å². The molecule has 0 radical (unpaired) electrons. The van der Waals surface area contributed by atoms with Crippen LogP contribution in [0.25, 0.3) is 0 Å². The summed E-state index contributed by atoms with van der Waals surface area (Å²) in [6, 6.07) is 5.75. The van der Waals surface area contributed by atoms with Crippen LogP contribution in [0.15, 0.2) is 29.4 Å². The highest BCUT2D eigenvalue weighted by atomic mass is 19.4. The molecule has 1 atom stereocenters. The third-order valence-corrected chi connectivity index (χ3v) is 2.37. The Labute approximate surface area is 93.9 Å². The van der Waals surface area contributed by atoms with Gasteiger partial charge < -0.3 is 15.1 Å². The Morgan fingerprint density at radius 2 is 1.94 bits per heavy atom. The summed E-state index contributed by atoms with van der Waals surface area (Å²) < 4.78 is 37.3. The van der Waals surface area contributed by atoms with Crippen LogP contribution in [-0.4, -0.2) is 27.9 Å². The quantitative estimate of drug-likeness (QED) is 0.794. The number of aromatic hydroxyl groups is 1. The molecule has 0 saturated heterocycles. The topological polar surface area (TPSA) is 62.1 Å². The van der Waals surface area contributed by atoms with Crippen molar-refractivity contribution in [3.63, 3.8) is 0 Å². The summed E-state index contributed by atoms with van der Waals surface area (Å²) in [4.78, 5) is 4.03. The molecule has 2 N–H and O–H groups in total. The normalized spacial score (nSPS) is 24.4. The highest BCUT2D eigenvalue weighted by molar-refractivity contribution is 6.03. The van der Waals surface area contributed by atoms with Crippen molar-refractivity contribution in [1.82, 2.24) is 0 Å². The van der Waals surface area contributed by atoms with Gasteiger partial charge >= 0.3 is 12.0 Å². The molecule has 2 rings (SSSR count). The van der Waals surface area contributed by atoms with Crippen LogP contribution in [-0.2, 0) is 4.84 Å². The largest absolute Gasteiger partial charge is 0.507 e. The van der Waals surface area contributed by atoms with Crippen LogP contribution in [0.1, 0.15) is 12.0 Å². The maximum Gasteiger partial charge on any atom is 0.458 e. The molecule has 4 nitrogen and oxygen atoms in total. The van der Waals surface area contributed by atoms with E-state index in [-0.39, 0.29) is 17.0 Å². The van der Waals surface area contributed by atoms with E-state index < -0.39 is 18.4 Å². The van der Waals surface area contributed by atoms with Crippen molar-refractivity contribution in [3.05, 3.63) is 29.8 Å². The molecule has 17 heavy (non-hydrogen) atoms. The Balaban J connectivity index is 2.27. The van der Waals surface area contributed by atoms with E-state index in [0.29, 0.717) is 0 Å². The lowest BCUT2D eigenvalue weighted by Gasteiger charge is -2.22. The molecular weight excluding hydrogens is 239 g/mol. The van der Waals surface area contributed by atoms with Gasteiger partial charge in [-0.2, -0.15) is 13.2 Å². The van der Waals surface area contributed by atoms with Crippen molar-refractivity contribution in [1.29, 1.82) is 0 Å². The van der Waals surface area contributed by atoms with Crippen molar-refractivity contribution in [3.8, 4) is 5.75 Å². The Bertz CT molecular complexity index is 472. The third kappa shape index (κ3) is 1.93. The first-order valence-corrected chi connectivity index (χ1v) is 4.66. The average Bonchev–Trinajstić information content (AvgIpc) is 2.62. The van der Waals surface area contributed by atoms with E-state index in [4.69, 9.17) is 0 Å². The molecule has 1 aromatic rings. The van der Waals surface area contributed by atoms with E-state index in [1.807, 2.05) is 0 Å². The number of alkyl halides is 3. The molecule has 0 saturated carbocycles. The predicted molar refractivity (Wildman–Crippen MR) is 51.4 cm³/mol. The lowest BCUT2D eigenvalue weighted by atomic mass is 10.0. The molecule has 0 amide bonds. The molecule has 1 heterocycles. The van der Waals surface area contributed by atoms with Crippen LogP contribution in [0.4, 0.5) is 13.2 Å². The van der Waals surface area contributed by atoms with Gasteiger partial charge in [0.15, 0.2) is 0 Å². The van der Waals surface area contributed by atoms with Gasteiger partial charge in [0.2, 0.25) is 0 Å². The van der Waals surface area contributed by atoms with Crippen molar-refractivity contribution < 1.29 is 28.2 Å². The fourth-order valence-corrected chi connectivity index (χ4v) is 1.44. The summed E-state index contributed by atoms with van der Waals surface area (Å²) in [6.07, 6.45) is -5.79. The van der Waals surface area contributed by atoms with Gasteiger partial charge in [-0.1, -0.05) is 17.3 Å². The zero-order chi connectivity index (χ0) is 12.7. The molecule has 0 unspecified atom stereocenters. The zero-order valence-corrected chi connectivity index (χ0v) is 8.40. The number of oxime groups is 1. The van der Waals surface area contributed by atoms with Gasteiger partial charge in [0, 0.05) is 5.56 Å². The van der Waals surface area contributed by atoms with Gasteiger partial charge in [-0.3, -0.25) is 0 Å². The molecule has 0 aliphatic carbocycles. The summed E-state index contributed by atoms with van der Waals surface area (Å²) >= 11 is 0. The van der Waals surface area contributed by atoms with Crippen LogP contribution in [0.3, 0.4) is 0 Å². The second kappa shape index (κ2) is 3.63. The Hall–Kier alpha value is -1.76. The van der Waals surface area contributed by atoms with Crippen molar-refractivity contribution >= 4 is 5.71 Å². The Morgan fingerprint density at radius 1 is 1.29 bits per heavy atom. The standard InChI is InChI=1S/C10H8F3NO3/c11-10(12,13)9(16)5-7(14-17-9)6-3-1-2-4-8(6)15/h1-4,15-16H,5H2/t9-/m0/s1. The molecule has 1 aliphatic heterocycles. The fraction of sp³-hybridized carbons (Fsp3) is 0.300. The van der Waals surface area contributed by atoms with Crippen LogP contribution >= 0.6 is 0 Å². The highest BCUT2D eigenvalue weighted by Gasteiger charge is 2.60. The maximum atomic E-state index is 12.4. The number of phenolic OH excluding ortho intramolecular Hbond substituents is 1. The third-order valence-electron chi connectivity index (χ3n) is 2.37. The number of para-hydroxylation sites is 1. The van der Waals surface area contributed by atoms with Gasteiger partial charge in [0.1, 0.15) is 5.75 Å². The van der Waals surface area contributed by atoms with Crippen molar-refractivity contribution in [2.75, 3.05) is 0 Å². The minimum Gasteiger partial charge on any atom is -0.507 e. The minimum atomic E-state index is -4.94. The van der Waals surface area contributed by atoms with Crippen LogP contribution in [0.2, 0.25) is 0 Å². The summed E-state index contributed by atoms with van der Waals surface area (Å²) in [7, 11) is 0. The number of rotatable bonds is 1. The predicted octanol–water partition coefficient (Wildman–Crippen LogP) is 1.77. The summed E-state index contributed by atoms with van der Waals surface area (Å²) in [5.74, 6) is -3.54. The summed E-state index contributed by atoms with van der Waals surface area (Å²) in [6.45, 7) is 0. The number of hydrogen-bond acceptors (Lipinski definition) is 4. The molecule has 0 bridgehead atoms. The number of nitrogens with zero attached hydrogens (tertiary/aromatic N) is 1. The van der Waals surface area contributed by atoms with Crippen LogP contribution < -0.4 is 0 Å². The molecule has 92 valence electrons. The van der Waals surface area contributed by atoms with Gasteiger partial charge in [-0.15, -0.1) is 0 Å². The Kier molecular flexibility index (Phi) is 2.50. The molecule has 1 aromatic carbocycles. The maximum absolute atomic E-state index is 12.4. The van der Waals surface area contributed by atoms with Gasteiger partial charge in [0.05, 0.1) is 12.1 Å². The number of aliphatic hydroxyl groups is 1. The van der Waals surface area contributed by atoms with Crippen LogP contribution in [0, 0.1) is 0 Å². The summed E-state index contributed by atoms with van der Waals surface area (Å²) in [5.41, 5.74) is -0.0457. The van der Waals surface area contributed by atoms with Crippen molar-refractivity contribution in [2.24, 2.45) is 5.16 Å². The smallest absolute Gasteiger partial charge is 0.458 e. The average molecular weight is 247 g/mol. The lowest BCUT2D eigenvalue weighted by molar-refractivity contribution is -0.355. The molecule has 7 heteroatoms. The molecule has 1 aliphatic rings. The highest BCUT2D eigenvalue weighted by Crippen LogP contribution is 2.39. The monoisotopic (exact) mass is 247 g/mol. The second-order valence-electron chi connectivity index (χ2n) is 3.61. The second-order valence-corrected chi connectivity index (χ2v) is 3.61. The molecule has 0 spiro atoms. The molecule has 0 fully saturated rings. The van der Waals surface area contributed by atoms with Gasteiger partial charge in [-0.25, -0.2) is 0 Å². The van der Waals surface area contributed by atoms with E-state index >= 15 is 0 Å². The number of hydrogen-bond donors (Lipinski definition) is 2. The first-order valence-electron chi connectivity index (χ1n) is 4.66. The SMILES string of the molecule is Oc1ccccc1C1=NO[C@](O)(C(F)(F)F)C1. The van der Waals surface area contributed by atoms with Crippen LogP contribution in [0.5, 0.6) is 5.75 Å². The van der Waals surface area contributed by atoms with E-state index in [0.717, 1.165) is 0 Å². The first kappa shape index (κ1) is 11.7. The van der Waals surface area contributed by atoms with E-state index in [1.165, 1.54) is 24.3 Å². The summed E-state index contributed by atoms with van der Waals surface area (Å²) in [5, 5.41) is 21.8. The fourth-order valence-electron chi connectivity index (χ4n) is 1.44. The molecule has 0 aromatic heterocycles. The number of phenols is 1. The van der Waals surface area contributed by atoms with Gasteiger partial charge in [0.25, 0.3) is 0 Å². The van der Waals surface area contributed by atoms with Crippen molar-refractivity contribution in [2.45, 2.75) is 18.4 Å². The van der Waals surface area contributed by atoms with E-state index in [1.54, 1.807) is 0 Å². The zero-order valence-electron chi connectivity index (χ0n) is 8.40. The first-order chi connectivity index (χ1) is 7.83. The lowest BCUT2D eigenvalue weighted by Crippen LogP contribution is -2.45. The molecular formula is C10H8F3NO3. The van der Waals surface area contributed by atoms with E-state index in [9.17, 15) is 23.4 Å². The Morgan fingerprint density at radius 3 is 2.47 bits per heavy atom. The number of halogens is 3. The number of benzene rings is 1. The van der Waals surface area contributed by atoms with Gasteiger partial charge in [-0.05, 0) is 12.1 Å².